The number of rotatable bonds is 6. The molecule has 108 valence electrons. The Bertz CT molecular complexity index is 701. The van der Waals surface area contributed by atoms with E-state index in [4.69, 9.17) is 9.88 Å². The Balaban J connectivity index is 2.15. The molecule has 0 saturated carbocycles. The van der Waals surface area contributed by atoms with Crippen molar-refractivity contribution in [3.05, 3.63) is 30.5 Å². The number of hydrogen-bond acceptors (Lipinski definition) is 5. The van der Waals surface area contributed by atoms with Crippen LogP contribution in [-0.2, 0) is 10.0 Å². The summed E-state index contributed by atoms with van der Waals surface area (Å²) in [6, 6.07) is 7.59. The summed E-state index contributed by atoms with van der Waals surface area (Å²) >= 11 is 0. The number of anilines is 1. The van der Waals surface area contributed by atoms with Gasteiger partial charge in [-0.2, -0.15) is 0 Å². The van der Waals surface area contributed by atoms with Gasteiger partial charge in [0.05, 0.1) is 12.9 Å². The molecule has 1 aromatic heterocycles. The molecule has 0 amide bonds. The fourth-order valence-corrected chi connectivity index (χ4v) is 2.52. The van der Waals surface area contributed by atoms with Crippen molar-refractivity contribution in [2.45, 2.75) is 6.42 Å². The van der Waals surface area contributed by atoms with Crippen LogP contribution in [0.25, 0.3) is 10.8 Å². The Labute approximate surface area is 118 Å². The lowest BCUT2D eigenvalue weighted by molar-refractivity contribution is 0.420. The molecule has 0 fully saturated rings. The van der Waals surface area contributed by atoms with E-state index in [9.17, 15) is 8.42 Å². The number of sulfonamides is 1. The maximum atomic E-state index is 10.9. The van der Waals surface area contributed by atoms with Gasteiger partial charge in [0, 0.05) is 23.5 Å². The first kappa shape index (κ1) is 14.5. The van der Waals surface area contributed by atoms with Crippen LogP contribution in [0.15, 0.2) is 30.5 Å². The summed E-state index contributed by atoms with van der Waals surface area (Å²) in [7, 11) is -1.79. The van der Waals surface area contributed by atoms with E-state index in [0.29, 0.717) is 18.8 Å². The van der Waals surface area contributed by atoms with Crippen molar-refractivity contribution in [2.75, 3.05) is 24.7 Å². The number of hydrogen-bond donors (Lipinski definition) is 2. The topological polar surface area (TPSA) is 94.3 Å². The van der Waals surface area contributed by atoms with Gasteiger partial charge in [-0.15, -0.1) is 0 Å². The predicted octanol–water partition coefficient (Wildman–Crippen LogP) is 1.33. The van der Waals surface area contributed by atoms with Gasteiger partial charge in [0.15, 0.2) is 0 Å². The zero-order valence-corrected chi connectivity index (χ0v) is 12.0. The smallest absolute Gasteiger partial charge is 0.209 e. The summed E-state index contributed by atoms with van der Waals surface area (Å²) < 4.78 is 27.0. The second-order valence-electron chi connectivity index (χ2n) is 4.36. The van der Waals surface area contributed by atoms with Gasteiger partial charge in [0.1, 0.15) is 11.6 Å². The maximum absolute atomic E-state index is 10.9. The Morgan fingerprint density at radius 2 is 2.10 bits per heavy atom. The number of primary sulfonamides is 1. The highest BCUT2D eigenvalue weighted by atomic mass is 32.2. The van der Waals surface area contributed by atoms with Crippen LogP contribution in [-0.4, -0.2) is 32.8 Å². The van der Waals surface area contributed by atoms with E-state index in [1.807, 2.05) is 24.3 Å². The number of nitrogens with zero attached hydrogens (tertiary/aromatic N) is 1. The fraction of sp³-hybridized carbons (Fsp3) is 0.308. The number of fused-ring (bicyclic) bond motifs is 1. The molecule has 3 N–H and O–H groups in total. The normalized spacial score (nSPS) is 11.5. The molecular formula is C13H17N3O3S. The van der Waals surface area contributed by atoms with Gasteiger partial charge in [-0.1, -0.05) is 12.1 Å². The molecule has 0 radical (unpaired) electrons. The largest absolute Gasteiger partial charge is 0.496 e. The van der Waals surface area contributed by atoms with Crippen LogP contribution < -0.4 is 15.2 Å². The van der Waals surface area contributed by atoms with E-state index in [1.165, 1.54) is 0 Å². The summed E-state index contributed by atoms with van der Waals surface area (Å²) in [5.41, 5.74) is 0. The monoisotopic (exact) mass is 295 g/mol. The van der Waals surface area contributed by atoms with Gasteiger partial charge in [-0.25, -0.2) is 18.5 Å². The number of aromatic nitrogens is 1. The molecule has 0 aliphatic carbocycles. The average molecular weight is 295 g/mol. The van der Waals surface area contributed by atoms with Crippen LogP contribution in [0, 0.1) is 0 Å². The average Bonchev–Trinajstić information content (AvgIpc) is 2.42. The van der Waals surface area contributed by atoms with Gasteiger partial charge >= 0.3 is 0 Å². The van der Waals surface area contributed by atoms with Crippen LogP contribution in [0.3, 0.4) is 0 Å². The van der Waals surface area contributed by atoms with Crippen molar-refractivity contribution >= 4 is 26.6 Å². The highest BCUT2D eigenvalue weighted by Crippen LogP contribution is 2.28. The third kappa shape index (κ3) is 3.58. The molecule has 20 heavy (non-hydrogen) atoms. The molecule has 2 rings (SSSR count). The van der Waals surface area contributed by atoms with Gasteiger partial charge in [-0.05, 0) is 18.6 Å². The second-order valence-corrected chi connectivity index (χ2v) is 6.10. The van der Waals surface area contributed by atoms with E-state index in [1.54, 1.807) is 13.3 Å². The molecule has 1 heterocycles. The summed E-state index contributed by atoms with van der Waals surface area (Å²) in [6.45, 7) is 0.486. The molecule has 7 heteroatoms. The van der Waals surface area contributed by atoms with E-state index in [-0.39, 0.29) is 5.75 Å². The van der Waals surface area contributed by atoms with E-state index < -0.39 is 10.0 Å². The van der Waals surface area contributed by atoms with E-state index in [2.05, 4.69) is 10.3 Å². The molecule has 0 saturated heterocycles. The predicted molar refractivity (Wildman–Crippen MR) is 79.4 cm³/mol. The Morgan fingerprint density at radius 1 is 1.30 bits per heavy atom. The molecule has 1 aromatic carbocycles. The molecule has 0 atom stereocenters. The van der Waals surface area contributed by atoms with Crippen LogP contribution in [0.5, 0.6) is 5.75 Å². The highest BCUT2D eigenvalue weighted by molar-refractivity contribution is 7.89. The zero-order chi connectivity index (χ0) is 14.6. The minimum Gasteiger partial charge on any atom is -0.496 e. The SMILES string of the molecule is COc1cccc2c(NCCCS(N)(=O)=O)nccc12. The minimum atomic E-state index is -3.41. The van der Waals surface area contributed by atoms with Crippen molar-refractivity contribution in [1.82, 2.24) is 4.98 Å². The van der Waals surface area contributed by atoms with Gasteiger partial charge in [-0.3, -0.25) is 0 Å². The van der Waals surface area contributed by atoms with Crippen LogP contribution in [0.2, 0.25) is 0 Å². The van der Waals surface area contributed by atoms with Crippen molar-refractivity contribution in [3.63, 3.8) is 0 Å². The number of ether oxygens (including phenoxy) is 1. The van der Waals surface area contributed by atoms with Gasteiger partial charge in [0.2, 0.25) is 10.0 Å². The third-order valence-corrected chi connectivity index (χ3v) is 3.74. The van der Waals surface area contributed by atoms with Crippen LogP contribution in [0.1, 0.15) is 6.42 Å². The molecule has 0 spiro atoms. The molecule has 6 nitrogen and oxygen atoms in total. The minimum absolute atomic E-state index is 0.0475. The third-order valence-electron chi connectivity index (χ3n) is 2.88. The lowest BCUT2D eigenvalue weighted by atomic mass is 10.1. The number of nitrogens with two attached hydrogens (primary N) is 1. The zero-order valence-electron chi connectivity index (χ0n) is 11.2. The second kappa shape index (κ2) is 6.06. The summed E-state index contributed by atoms with van der Waals surface area (Å²) in [5.74, 6) is 1.43. The Hall–Kier alpha value is -1.86. The standard InChI is InChI=1S/C13H17N3O3S/c1-19-12-5-2-4-11-10(12)6-8-16-13(11)15-7-3-9-20(14,17)18/h2,4-6,8H,3,7,9H2,1H3,(H,15,16)(H2,14,17,18). The van der Waals surface area contributed by atoms with E-state index >= 15 is 0 Å². The number of methoxy groups -OCH3 is 1. The first-order valence-corrected chi connectivity index (χ1v) is 7.89. The molecule has 0 aliphatic rings. The first-order valence-electron chi connectivity index (χ1n) is 6.17. The van der Waals surface area contributed by atoms with Crippen molar-refractivity contribution in [1.29, 1.82) is 0 Å². The lowest BCUT2D eigenvalue weighted by Crippen LogP contribution is -2.18. The van der Waals surface area contributed by atoms with Gasteiger partial charge < -0.3 is 10.1 Å². The maximum Gasteiger partial charge on any atom is 0.209 e. The van der Waals surface area contributed by atoms with Crippen molar-refractivity contribution < 1.29 is 13.2 Å². The Morgan fingerprint density at radius 3 is 2.80 bits per heavy atom. The van der Waals surface area contributed by atoms with Crippen LogP contribution in [0.4, 0.5) is 5.82 Å². The number of nitrogens with one attached hydrogen (secondary N) is 1. The molecular weight excluding hydrogens is 278 g/mol. The summed E-state index contributed by atoms with van der Waals surface area (Å²) in [4.78, 5) is 4.27. The summed E-state index contributed by atoms with van der Waals surface area (Å²) in [5, 5.41) is 9.97. The van der Waals surface area contributed by atoms with Crippen molar-refractivity contribution in [3.8, 4) is 5.75 Å². The fourth-order valence-electron chi connectivity index (χ4n) is 1.98. The number of benzene rings is 1. The van der Waals surface area contributed by atoms with Crippen molar-refractivity contribution in [2.24, 2.45) is 5.14 Å². The molecule has 0 bridgehead atoms. The highest BCUT2D eigenvalue weighted by Gasteiger charge is 2.07. The molecule has 0 unspecified atom stereocenters. The molecule has 0 aliphatic heterocycles. The molecule has 2 aromatic rings. The van der Waals surface area contributed by atoms with Gasteiger partial charge in [0.25, 0.3) is 0 Å². The summed E-state index contributed by atoms with van der Waals surface area (Å²) in [6.07, 6.45) is 2.12. The van der Waals surface area contributed by atoms with E-state index in [0.717, 1.165) is 16.5 Å². The lowest BCUT2D eigenvalue weighted by Gasteiger charge is -2.10. The van der Waals surface area contributed by atoms with Crippen LogP contribution >= 0.6 is 0 Å². The number of pyridine rings is 1. The first-order chi connectivity index (χ1) is 9.51. The Kier molecular flexibility index (Phi) is 4.41. The quantitative estimate of drug-likeness (QED) is 0.784.